The van der Waals surface area contributed by atoms with E-state index in [1.165, 1.54) is 6.42 Å². The van der Waals surface area contributed by atoms with Crippen molar-refractivity contribution in [2.75, 3.05) is 27.2 Å². The van der Waals surface area contributed by atoms with Crippen molar-refractivity contribution < 1.29 is 19.4 Å². The molecule has 1 amide bonds. The van der Waals surface area contributed by atoms with Crippen molar-refractivity contribution in [1.82, 2.24) is 20.2 Å². The van der Waals surface area contributed by atoms with Crippen LogP contribution < -0.4 is 10.1 Å². The van der Waals surface area contributed by atoms with E-state index in [1.54, 1.807) is 18.3 Å². The summed E-state index contributed by atoms with van der Waals surface area (Å²) in [6, 6.07) is 14.6. The lowest BCUT2D eigenvalue weighted by molar-refractivity contribution is -0.163. The average Bonchev–Trinajstić information content (AvgIpc) is 2.97. The minimum atomic E-state index is -1.25. The van der Waals surface area contributed by atoms with Gasteiger partial charge in [-0.3, -0.25) is 9.78 Å². The van der Waals surface area contributed by atoms with Gasteiger partial charge < -0.3 is 20.1 Å². The van der Waals surface area contributed by atoms with E-state index in [0.29, 0.717) is 40.6 Å². The molecule has 3 aromatic rings. The van der Waals surface area contributed by atoms with Crippen LogP contribution in [0.4, 0.5) is 0 Å². The first-order chi connectivity index (χ1) is 20.2. The molecule has 4 aliphatic rings. The van der Waals surface area contributed by atoms with E-state index >= 15 is 0 Å². The number of halogens is 3. The van der Waals surface area contributed by atoms with Gasteiger partial charge in [0.25, 0.3) is 5.91 Å². The summed E-state index contributed by atoms with van der Waals surface area (Å²) >= 11 is 6.49. The molecule has 2 N–H and O–H groups in total. The molecule has 0 spiro atoms. The average molecular weight is 662 g/mol. The van der Waals surface area contributed by atoms with Crippen molar-refractivity contribution in [2.24, 2.45) is 23.7 Å². The summed E-state index contributed by atoms with van der Waals surface area (Å²) < 4.78 is 6.02. The van der Waals surface area contributed by atoms with E-state index in [-0.39, 0.29) is 42.3 Å². The first-order valence-electron chi connectivity index (χ1n) is 14.8. The number of amides is 1. The van der Waals surface area contributed by atoms with Gasteiger partial charge in [-0.05, 0) is 113 Å². The third kappa shape index (κ3) is 6.54. The highest BCUT2D eigenvalue weighted by Gasteiger charge is 2.62. The zero-order valence-corrected chi connectivity index (χ0v) is 27.3. The smallest absolute Gasteiger partial charge is 0.330 e. The quantitative estimate of drug-likeness (QED) is 0.235. The molecule has 2 aromatic heterocycles. The van der Waals surface area contributed by atoms with Crippen LogP contribution in [0, 0.1) is 23.7 Å². The number of nitrogens with one attached hydrogen (secondary N) is 1. The number of rotatable bonds is 10. The topological polar surface area (TPSA) is 105 Å². The number of pyridine rings is 2. The van der Waals surface area contributed by atoms with E-state index in [2.05, 4.69) is 15.2 Å². The zero-order chi connectivity index (χ0) is 29.4. The van der Waals surface area contributed by atoms with Gasteiger partial charge in [-0.2, -0.15) is 0 Å². The normalized spacial score (nSPS) is 24.7. The minimum Gasteiger partial charge on any atom is -0.492 e. The maximum Gasteiger partial charge on any atom is 0.330 e. The van der Waals surface area contributed by atoms with Crippen molar-refractivity contribution in [2.45, 2.75) is 44.1 Å². The number of ether oxygens (including phenoxy) is 1. The lowest BCUT2D eigenvalue weighted by atomic mass is 9.48. The van der Waals surface area contributed by atoms with Gasteiger partial charge in [0.05, 0.1) is 23.0 Å². The molecule has 0 unspecified atom stereocenters. The van der Waals surface area contributed by atoms with Gasteiger partial charge in [-0.1, -0.05) is 23.7 Å². The number of benzene rings is 1. The molecule has 0 aliphatic heterocycles. The Morgan fingerprint density at radius 3 is 2.34 bits per heavy atom. The molecule has 236 valence electrons. The SMILES string of the molecule is CN(C)CCCOc1cc(-c2nc(C(=O)NC3(C(=O)O)C4CC5CC(C4)CC3C5)ccc2-c2ccccn2)ccc1Cl.Cl.Cl. The second-order valence-corrected chi connectivity index (χ2v) is 12.8. The minimum absolute atomic E-state index is 0. The highest BCUT2D eigenvalue weighted by molar-refractivity contribution is 6.32. The van der Waals surface area contributed by atoms with E-state index < -0.39 is 17.4 Å². The van der Waals surface area contributed by atoms with E-state index in [4.69, 9.17) is 21.3 Å². The Hall–Kier alpha value is -2.91. The van der Waals surface area contributed by atoms with Crippen LogP contribution in [0.25, 0.3) is 22.5 Å². The lowest BCUT2D eigenvalue weighted by Crippen LogP contribution is -2.70. The summed E-state index contributed by atoms with van der Waals surface area (Å²) in [5.41, 5.74) is 1.64. The number of hydrogen-bond acceptors (Lipinski definition) is 6. The molecule has 4 saturated carbocycles. The fourth-order valence-electron chi connectivity index (χ4n) is 7.64. The summed E-state index contributed by atoms with van der Waals surface area (Å²) in [6.45, 7) is 1.40. The predicted molar refractivity (Wildman–Crippen MR) is 176 cm³/mol. The maximum absolute atomic E-state index is 13.8. The summed E-state index contributed by atoms with van der Waals surface area (Å²) in [4.78, 5) is 38.1. The molecule has 8 nitrogen and oxygen atoms in total. The Morgan fingerprint density at radius 1 is 1.02 bits per heavy atom. The molecule has 4 bridgehead atoms. The van der Waals surface area contributed by atoms with Crippen LogP contribution in [-0.2, 0) is 4.79 Å². The Morgan fingerprint density at radius 2 is 1.73 bits per heavy atom. The third-order valence-electron chi connectivity index (χ3n) is 9.38. The molecule has 7 rings (SSSR count). The van der Waals surface area contributed by atoms with E-state index in [1.807, 2.05) is 50.5 Å². The van der Waals surface area contributed by atoms with Crippen LogP contribution in [0.5, 0.6) is 5.75 Å². The molecule has 0 saturated heterocycles. The molecular formula is C33H39Cl3N4O4. The van der Waals surface area contributed by atoms with Gasteiger partial charge >= 0.3 is 5.97 Å². The van der Waals surface area contributed by atoms with Gasteiger partial charge in [-0.15, -0.1) is 24.8 Å². The third-order valence-corrected chi connectivity index (χ3v) is 9.69. The summed E-state index contributed by atoms with van der Waals surface area (Å²) in [6.07, 6.45) is 7.19. The predicted octanol–water partition coefficient (Wildman–Crippen LogP) is 6.65. The molecular weight excluding hydrogens is 623 g/mol. The lowest BCUT2D eigenvalue weighted by Gasteiger charge is -2.59. The van der Waals surface area contributed by atoms with Gasteiger partial charge in [0, 0.05) is 23.9 Å². The first-order valence-corrected chi connectivity index (χ1v) is 15.2. The summed E-state index contributed by atoms with van der Waals surface area (Å²) in [5, 5.41) is 14.0. The number of hydrogen-bond donors (Lipinski definition) is 2. The van der Waals surface area contributed by atoms with Gasteiger partial charge in [0.2, 0.25) is 0 Å². The number of nitrogens with zero attached hydrogens (tertiary/aromatic N) is 3. The van der Waals surface area contributed by atoms with Crippen LogP contribution in [-0.4, -0.2) is 64.6 Å². The maximum atomic E-state index is 13.8. The number of carbonyl (C=O) groups excluding carboxylic acids is 1. The Bertz CT molecular complexity index is 1460. The van der Waals surface area contributed by atoms with Crippen LogP contribution >= 0.6 is 36.4 Å². The summed E-state index contributed by atoms with van der Waals surface area (Å²) in [7, 11) is 4.03. The van der Waals surface area contributed by atoms with Crippen molar-refractivity contribution in [3.8, 4) is 28.3 Å². The van der Waals surface area contributed by atoms with E-state index in [0.717, 1.165) is 49.8 Å². The highest BCUT2D eigenvalue weighted by Crippen LogP contribution is 2.58. The highest BCUT2D eigenvalue weighted by atomic mass is 35.5. The Balaban J connectivity index is 0.00000221. The number of carbonyl (C=O) groups is 2. The number of carboxylic acid groups (broad SMARTS) is 1. The fraction of sp³-hybridized carbons (Fsp3) is 0.455. The first kappa shape index (κ1) is 34.0. The van der Waals surface area contributed by atoms with Crippen LogP contribution in [0.3, 0.4) is 0 Å². The Kier molecular flexibility index (Phi) is 10.8. The van der Waals surface area contributed by atoms with Crippen molar-refractivity contribution in [3.05, 3.63) is 65.4 Å². The fourth-order valence-corrected chi connectivity index (χ4v) is 7.82. The van der Waals surface area contributed by atoms with Crippen LogP contribution in [0.15, 0.2) is 54.7 Å². The molecule has 4 fully saturated rings. The summed E-state index contributed by atoms with van der Waals surface area (Å²) in [5.74, 6) is 0.190. The second-order valence-electron chi connectivity index (χ2n) is 12.4. The number of aliphatic carboxylic acids is 1. The molecule has 44 heavy (non-hydrogen) atoms. The zero-order valence-electron chi connectivity index (χ0n) is 24.9. The number of aromatic nitrogens is 2. The van der Waals surface area contributed by atoms with Gasteiger partial charge in [0.1, 0.15) is 17.0 Å². The molecule has 2 heterocycles. The molecule has 4 aliphatic carbocycles. The van der Waals surface area contributed by atoms with Crippen molar-refractivity contribution >= 4 is 48.3 Å². The largest absolute Gasteiger partial charge is 0.492 e. The number of carboxylic acids is 1. The molecule has 0 atom stereocenters. The second kappa shape index (κ2) is 14.0. The van der Waals surface area contributed by atoms with Crippen LogP contribution in [0.1, 0.15) is 49.0 Å². The monoisotopic (exact) mass is 660 g/mol. The van der Waals surface area contributed by atoms with Crippen molar-refractivity contribution in [1.29, 1.82) is 0 Å². The molecule has 0 radical (unpaired) electrons. The Labute approximate surface area is 275 Å². The van der Waals surface area contributed by atoms with E-state index in [9.17, 15) is 14.7 Å². The molecule has 1 aromatic carbocycles. The van der Waals surface area contributed by atoms with Gasteiger partial charge in [0.15, 0.2) is 0 Å². The standard InChI is InChI=1S/C33H37ClN4O4.2ClH/c1-38(2)12-5-13-42-29-19-22(7-9-26(29)34)30-25(27-6-3-4-11-35-27)8-10-28(36-30)31(39)37-33(32(40)41)23-15-20-14-21(17-23)18-24(33)16-20;;/h3-4,6-11,19-21,23-24H,5,12-18H2,1-2H3,(H,37,39)(H,40,41);2*1H. The molecule has 11 heteroatoms. The van der Waals surface area contributed by atoms with Crippen LogP contribution in [0.2, 0.25) is 5.02 Å². The van der Waals surface area contributed by atoms with Crippen molar-refractivity contribution in [3.63, 3.8) is 0 Å². The van der Waals surface area contributed by atoms with Gasteiger partial charge in [-0.25, -0.2) is 9.78 Å².